The number of urea groups is 1. The molecule has 0 aliphatic rings. The predicted molar refractivity (Wildman–Crippen MR) is 76.8 cm³/mol. The number of carbonyl (C=O) groups excluding carboxylic acids is 1. The lowest BCUT2D eigenvalue weighted by molar-refractivity contribution is 0.240. The van der Waals surface area contributed by atoms with E-state index < -0.39 is 0 Å². The highest BCUT2D eigenvalue weighted by Crippen LogP contribution is 2.12. The minimum Gasteiger partial charge on any atom is -0.334 e. The first-order valence-electron chi connectivity index (χ1n) is 5.59. The summed E-state index contributed by atoms with van der Waals surface area (Å²) in [7, 11) is 0. The highest BCUT2D eigenvalue weighted by Gasteiger charge is 2.04. The zero-order chi connectivity index (χ0) is 13.7. The van der Waals surface area contributed by atoms with Crippen molar-refractivity contribution in [2.24, 2.45) is 0 Å². The molecule has 0 bridgehead atoms. The average Bonchev–Trinajstić information content (AvgIpc) is 2.81. The number of hydrogen-bond donors (Lipinski definition) is 3. The summed E-state index contributed by atoms with van der Waals surface area (Å²) in [4.78, 5) is 11.6. The van der Waals surface area contributed by atoms with Gasteiger partial charge in [-0.3, -0.25) is 5.10 Å². The van der Waals surface area contributed by atoms with Crippen LogP contribution in [0.15, 0.2) is 34.9 Å². The SMILES string of the molecule is O=C(NCc1ccc(Cl)cc1)NCc1[nH]ncc1Br. The summed E-state index contributed by atoms with van der Waals surface area (Å²) in [6, 6.07) is 7.08. The van der Waals surface area contributed by atoms with Crippen molar-refractivity contribution >= 4 is 33.6 Å². The van der Waals surface area contributed by atoms with Gasteiger partial charge in [0.15, 0.2) is 0 Å². The molecule has 19 heavy (non-hydrogen) atoms. The van der Waals surface area contributed by atoms with Gasteiger partial charge in [0.25, 0.3) is 0 Å². The van der Waals surface area contributed by atoms with Gasteiger partial charge in [0.1, 0.15) is 0 Å². The van der Waals surface area contributed by atoms with E-state index in [9.17, 15) is 4.79 Å². The molecular weight excluding hydrogens is 332 g/mol. The van der Waals surface area contributed by atoms with E-state index >= 15 is 0 Å². The van der Waals surface area contributed by atoms with Crippen molar-refractivity contribution in [3.63, 3.8) is 0 Å². The molecule has 7 heteroatoms. The Bertz CT molecular complexity index is 555. The molecule has 1 heterocycles. The number of carbonyl (C=O) groups is 1. The second kappa shape index (κ2) is 6.58. The third-order valence-electron chi connectivity index (χ3n) is 2.46. The number of amides is 2. The van der Waals surface area contributed by atoms with Gasteiger partial charge in [0.2, 0.25) is 0 Å². The van der Waals surface area contributed by atoms with Gasteiger partial charge in [-0.05, 0) is 33.6 Å². The molecule has 5 nitrogen and oxygen atoms in total. The molecule has 0 spiro atoms. The van der Waals surface area contributed by atoms with Crippen molar-refractivity contribution in [1.29, 1.82) is 0 Å². The Hall–Kier alpha value is -1.53. The van der Waals surface area contributed by atoms with Crippen molar-refractivity contribution in [1.82, 2.24) is 20.8 Å². The number of hydrogen-bond acceptors (Lipinski definition) is 2. The minimum absolute atomic E-state index is 0.239. The van der Waals surface area contributed by atoms with Crippen molar-refractivity contribution in [3.05, 3.63) is 51.2 Å². The highest BCUT2D eigenvalue weighted by atomic mass is 79.9. The van der Waals surface area contributed by atoms with E-state index in [-0.39, 0.29) is 6.03 Å². The molecule has 2 amide bonds. The van der Waals surface area contributed by atoms with Crippen LogP contribution >= 0.6 is 27.5 Å². The third kappa shape index (κ3) is 4.25. The first-order chi connectivity index (χ1) is 9.15. The lowest BCUT2D eigenvalue weighted by Crippen LogP contribution is -2.34. The molecule has 0 radical (unpaired) electrons. The first-order valence-corrected chi connectivity index (χ1v) is 6.76. The summed E-state index contributed by atoms with van der Waals surface area (Å²) in [5.41, 5.74) is 1.81. The van der Waals surface area contributed by atoms with Crippen LogP contribution in [-0.2, 0) is 13.1 Å². The molecular formula is C12H12BrClN4O. The lowest BCUT2D eigenvalue weighted by Gasteiger charge is -2.07. The molecule has 3 N–H and O–H groups in total. The lowest BCUT2D eigenvalue weighted by atomic mass is 10.2. The van der Waals surface area contributed by atoms with Crippen LogP contribution in [0.4, 0.5) is 4.79 Å². The smallest absolute Gasteiger partial charge is 0.315 e. The number of H-pyrrole nitrogens is 1. The van der Waals surface area contributed by atoms with E-state index in [0.29, 0.717) is 18.1 Å². The van der Waals surface area contributed by atoms with Gasteiger partial charge < -0.3 is 10.6 Å². The maximum absolute atomic E-state index is 11.6. The molecule has 0 unspecified atom stereocenters. The van der Waals surface area contributed by atoms with Gasteiger partial charge in [-0.15, -0.1) is 0 Å². The van der Waals surface area contributed by atoms with Gasteiger partial charge >= 0.3 is 6.03 Å². The predicted octanol–water partition coefficient (Wildman–Crippen LogP) is 2.83. The summed E-state index contributed by atoms with van der Waals surface area (Å²) >= 11 is 9.10. The van der Waals surface area contributed by atoms with Crippen LogP contribution in [0, 0.1) is 0 Å². The van der Waals surface area contributed by atoms with Crippen molar-refractivity contribution in [3.8, 4) is 0 Å². The summed E-state index contributed by atoms with van der Waals surface area (Å²) in [5.74, 6) is 0. The van der Waals surface area contributed by atoms with E-state index in [1.165, 1.54) is 0 Å². The van der Waals surface area contributed by atoms with Gasteiger partial charge in [-0.1, -0.05) is 23.7 Å². The Morgan fingerprint density at radius 1 is 1.26 bits per heavy atom. The van der Waals surface area contributed by atoms with Crippen LogP contribution in [0.25, 0.3) is 0 Å². The Morgan fingerprint density at radius 3 is 2.58 bits per heavy atom. The summed E-state index contributed by atoms with van der Waals surface area (Å²) in [5, 5.41) is 12.8. The van der Waals surface area contributed by atoms with Crippen LogP contribution in [0.5, 0.6) is 0 Å². The molecule has 2 aromatic rings. The third-order valence-corrected chi connectivity index (χ3v) is 3.39. The van der Waals surface area contributed by atoms with E-state index in [0.717, 1.165) is 15.7 Å². The largest absolute Gasteiger partial charge is 0.334 e. The van der Waals surface area contributed by atoms with E-state index in [4.69, 9.17) is 11.6 Å². The van der Waals surface area contributed by atoms with E-state index in [1.807, 2.05) is 12.1 Å². The van der Waals surface area contributed by atoms with Gasteiger partial charge in [0, 0.05) is 11.6 Å². The van der Waals surface area contributed by atoms with Crippen molar-refractivity contribution in [2.75, 3.05) is 0 Å². The van der Waals surface area contributed by atoms with Gasteiger partial charge in [0.05, 0.1) is 22.9 Å². The number of benzene rings is 1. The van der Waals surface area contributed by atoms with E-state index in [1.54, 1.807) is 18.3 Å². The monoisotopic (exact) mass is 342 g/mol. The van der Waals surface area contributed by atoms with E-state index in [2.05, 4.69) is 36.8 Å². The zero-order valence-electron chi connectivity index (χ0n) is 9.91. The molecule has 0 aliphatic carbocycles. The molecule has 100 valence electrons. The molecule has 0 aliphatic heterocycles. The molecule has 1 aromatic heterocycles. The van der Waals surface area contributed by atoms with Crippen LogP contribution in [0.1, 0.15) is 11.3 Å². The fourth-order valence-electron chi connectivity index (χ4n) is 1.44. The Balaban J connectivity index is 1.76. The summed E-state index contributed by atoms with van der Waals surface area (Å²) in [6.45, 7) is 0.834. The van der Waals surface area contributed by atoms with Crippen LogP contribution < -0.4 is 10.6 Å². The zero-order valence-corrected chi connectivity index (χ0v) is 12.3. The second-order valence-electron chi connectivity index (χ2n) is 3.86. The van der Waals surface area contributed by atoms with Gasteiger partial charge in [-0.25, -0.2) is 4.79 Å². The topological polar surface area (TPSA) is 69.8 Å². The number of aromatic nitrogens is 2. The first kappa shape index (κ1) is 13.9. The maximum Gasteiger partial charge on any atom is 0.315 e. The number of halogens is 2. The number of aromatic amines is 1. The fourth-order valence-corrected chi connectivity index (χ4v) is 1.90. The Labute approximate surface area is 123 Å². The van der Waals surface area contributed by atoms with Crippen molar-refractivity contribution in [2.45, 2.75) is 13.1 Å². The summed E-state index contributed by atoms with van der Waals surface area (Å²) in [6.07, 6.45) is 1.64. The second-order valence-corrected chi connectivity index (χ2v) is 5.15. The maximum atomic E-state index is 11.6. The van der Waals surface area contributed by atoms with Crippen LogP contribution in [-0.4, -0.2) is 16.2 Å². The minimum atomic E-state index is -0.239. The van der Waals surface area contributed by atoms with Crippen LogP contribution in [0.2, 0.25) is 5.02 Å². The molecule has 0 fully saturated rings. The standard InChI is InChI=1S/C12H12BrClN4O/c13-10-6-17-18-11(10)7-16-12(19)15-5-8-1-3-9(14)4-2-8/h1-4,6H,5,7H2,(H,17,18)(H2,15,16,19). The number of rotatable bonds is 4. The van der Waals surface area contributed by atoms with Gasteiger partial charge in [-0.2, -0.15) is 5.10 Å². The van der Waals surface area contributed by atoms with Crippen LogP contribution in [0.3, 0.4) is 0 Å². The highest BCUT2D eigenvalue weighted by molar-refractivity contribution is 9.10. The quantitative estimate of drug-likeness (QED) is 0.799. The molecule has 1 aromatic carbocycles. The number of nitrogens with zero attached hydrogens (tertiary/aromatic N) is 1. The Morgan fingerprint density at radius 2 is 1.95 bits per heavy atom. The molecule has 0 saturated carbocycles. The average molecular weight is 344 g/mol. The molecule has 0 saturated heterocycles. The summed E-state index contributed by atoms with van der Waals surface area (Å²) < 4.78 is 0.838. The fraction of sp³-hybridized carbons (Fsp3) is 0.167. The molecule has 2 rings (SSSR count). The normalized spacial score (nSPS) is 10.2. The molecule has 0 atom stereocenters. The Kier molecular flexibility index (Phi) is 4.81. The number of nitrogens with one attached hydrogen (secondary N) is 3. The van der Waals surface area contributed by atoms with Crippen molar-refractivity contribution < 1.29 is 4.79 Å².